The van der Waals surface area contributed by atoms with Crippen molar-refractivity contribution in [1.82, 2.24) is 20.3 Å². The Balaban J connectivity index is 1.54. The number of hydrogen-bond donors (Lipinski definition) is 1. The first-order valence-electron chi connectivity index (χ1n) is 11.8. The minimum Gasteiger partial charge on any atom is -0.497 e. The van der Waals surface area contributed by atoms with Crippen molar-refractivity contribution in [3.8, 4) is 5.75 Å². The van der Waals surface area contributed by atoms with Gasteiger partial charge in [-0.3, -0.25) is 9.59 Å². The molecule has 8 nitrogen and oxygen atoms in total. The fraction of sp³-hybridized carbons (Fsp3) is 0.214. The van der Waals surface area contributed by atoms with Crippen molar-refractivity contribution in [2.24, 2.45) is 0 Å². The summed E-state index contributed by atoms with van der Waals surface area (Å²) < 4.78 is 34.4. The number of rotatable bonds is 9. The van der Waals surface area contributed by atoms with Crippen molar-refractivity contribution in [1.29, 1.82) is 0 Å². The van der Waals surface area contributed by atoms with Crippen LogP contribution in [0.25, 0.3) is 0 Å². The van der Waals surface area contributed by atoms with E-state index in [2.05, 4.69) is 15.6 Å². The van der Waals surface area contributed by atoms with Gasteiger partial charge in [-0.15, -0.1) is 5.10 Å². The van der Waals surface area contributed by atoms with Crippen molar-refractivity contribution in [3.63, 3.8) is 0 Å². The number of benzene rings is 3. The van der Waals surface area contributed by atoms with Gasteiger partial charge in [-0.25, -0.2) is 13.5 Å². The molecule has 3 aromatic carbocycles. The zero-order valence-corrected chi connectivity index (χ0v) is 21.2. The summed E-state index contributed by atoms with van der Waals surface area (Å²) in [6, 6.07) is 16.5. The average molecular weight is 520 g/mol. The van der Waals surface area contributed by atoms with Gasteiger partial charge in [-0.1, -0.05) is 35.0 Å². The molecule has 1 atom stereocenters. The van der Waals surface area contributed by atoms with Crippen LogP contribution in [-0.2, 0) is 17.8 Å². The number of carbonyl (C=O) groups excluding carboxylic acids is 2. The van der Waals surface area contributed by atoms with E-state index < -0.39 is 29.5 Å². The highest BCUT2D eigenvalue weighted by Gasteiger charge is 2.27. The van der Waals surface area contributed by atoms with Crippen LogP contribution in [0.15, 0.2) is 72.9 Å². The molecule has 38 heavy (non-hydrogen) atoms. The van der Waals surface area contributed by atoms with Gasteiger partial charge >= 0.3 is 0 Å². The van der Waals surface area contributed by atoms with Crippen LogP contribution in [0.4, 0.5) is 14.5 Å². The maximum absolute atomic E-state index is 13.9. The highest BCUT2D eigenvalue weighted by molar-refractivity contribution is 6.01. The Labute approximate surface area is 218 Å². The molecule has 10 heteroatoms. The van der Waals surface area contributed by atoms with Crippen LogP contribution in [0.2, 0.25) is 0 Å². The molecular weight excluding hydrogens is 492 g/mol. The second kappa shape index (κ2) is 11.6. The number of nitrogens with zero attached hydrogens (tertiary/aromatic N) is 4. The van der Waals surface area contributed by atoms with Gasteiger partial charge in [-0.05, 0) is 54.4 Å². The Hall–Kier alpha value is -4.60. The van der Waals surface area contributed by atoms with E-state index in [4.69, 9.17) is 4.74 Å². The molecule has 0 aliphatic rings. The standard InChI is InChI=1S/C28H27F2N5O3/c1-18-4-6-19(7-5-18)16-35-17-26(32-33-35)27(36)31-25(14-20-12-21(29)15-22(30)13-20)28(37)34(2)23-8-10-24(38-3)11-9-23/h4-13,15,17,25H,14,16H2,1-3H3,(H,31,36). The van der Waals surface area contributed by atoms with Crippen molar-refractivity contribution in [2.75, 3.05) is 19.1 Å². The Kier molecular flexibility index (Phi) is 8.10. The molecule has 2 amide bonds. The van der Waals surface area contributed by atoms with Crippen LogP contribution < -0.4 is 15.0 Å². The first-order valence-corrected chi connectivity index (χ1v) is 11.8. The van der Waals surface area contributed by atoms with Crippen molar-refractivity contribution in [3.05, 3.63) is 107 Å². The summed E-state index contributed by atoms with van der Waals surface area (Å²) in [7, 11) is 3.08. The third-order valence-corrected chi connectivity index (χ3v) is 5.99. The maximum Gasteiger partial charge on any atom is 0.274 e. The maximum atomic E-state index is 13.9. The van der Waals surface area contributed by atoms with Crippen molar-refractivity contribution in [2.45, 2.75) is 25.9 Å². The molecule has 1 unspecified atom stereocenters. The summed E-state index contributed by atoms with van der Waals surface area (Å²) in [5, 5.41) is 10.6. The van der Waals surface area contributed by atoms with E-state index in [1.165, 1.54) is 22.9 Å². The van der Waals surface area contributed by atoms with E-state index in [-0.39, 0.29) is 17.7 Å². The third-order valence-electron chi connectivity index (χ3n) is 5.99. The van der Waals surface area contributed by atoms with Gasteiger partial charge < -0.3 is 15.0 Å². The average Bonchev–Trinajstić information content (AvgIpc) is 3.37. The van der Waals surface area contributed by atoms with Gasteiger partial charge in [0.15, 0.2) is 5.69 Å². The molecular formula is C28H27F2N5O3. The minimum atomic E-state index is -1.14. The molecule has 0 saturated heterocycles. The zero-order chi connectivity index (χ0) is 27.2. The van der Waals surface area contributed by atoms with E-state index in [0.717, 1.165) is 29.3 Å². The number of aryl methyl sites for hydroxylation is 1. The smallest absolute Gasteiger partial charge is 0.274 e. The molecule has 0 spiro atoms. The molecule has 0 aliphatic heterocycles. The highest BCUT2D eigenvalue weighted by Crippen LogP contribution is 2.20. The van der Waals surface area contributed by atoms with Crippen LogP contribution in [0.3, 0.4) is 0 Å². The Bertz CT molecular complexity index is 1400. The van der Waals surface area contributed by atoms with Crippen LogP contribution in [0, 0.1) is 18.6 Å². The quantitative estimate of drug-likeness (QED) is 0.362. The first-order chi connectivity index (χ1) is 18.2. The molecule has 0 saturated carbocycles. The van der Waals surface area contributed by atoms with Crippen molar-refractivity contribution >= 4 is 17.5 Å². The Morgan fingerprint density at radius 3 is 2.29 bits per heavy atom. The lowest BCUT2D eigenvalue weighted by atomic mass is 10.0. The Morgan fingerprint density at radius 1 is 1.00 bits per heavy atom. The van der Waals surface area contributed by atoms with Crippen LogP contribution >= 0.6 is 0 Å². The summed E-state index contributed by atoms with van der Waals surface area (Å²) in [6.07, 6.45) is 1.34. The minimum absolute atomic E-state index is 0.00688. The van der Waals surface area contributed by atoms with Gasteiger partial charge in [0, 0.05) is 25.2 Å². The molecule has 4 aromatic rings. The first kappa shape index (κ1) is 26.5. The SMILES string of the molecule is COc1ccc(N(C)C(=O)C(Cc2cc(F)cc(F)c2)NC(=O)c2cn(Cc3ccc(C)cc3)nn2)cc1. The van der Waals surface area contributed by atoms with Gasteiger partial charge in [0.25, 0.3) is 5.91 Å². The number of halogens is 2. The summed E-state index contributed by atoms with van der Waals surface area (Å²) in [5.74, 6) is -2.07. The summed E-state index contributed by atoms with van der Waals surface area (Å²) >= 11 is 0. The van der Waals surface area contributed by atoms with E-state index >= 15 is 0 Å². The number of ether oxygens (including phenoxy) is 1. The van der Waals surface area contributed by atoms with Crippen LogP contribution in [0.1, 0.15) is 27.2 Å². The summed E-state index contributed by atoms with van der Waals surface area (Å²) in [5.41, 5.74) is 2.87. The summed E-state index contributed by atoms with van der Waals surface area (Å²) in [4.78, 5) is 27.9. The van der Waals surface area contributed by atoms with Gasteiger partial charge in [0.1, 0.15) is 23.4 Å². The summed E-state index contributed by atoms with van der Waals surface area (Å²) in [6.45, 7) is 2.40. The number of carbonyl (C=O) groups is 2. The lowest BCUT2D eigenvalue weighted by molar-refractivity contribution is -0.120. The second-order valence-corrected chi connectivity index (χ2v) is 8.89. The number of nitrogens with one attached hydrogen (secondary N) is 1. The largest absolute Gasteiger partial charge is 0.497 e. The number of likely N-dealkylation sites (N-methyl/N-ethyl adjacent to an activating group) is 1. The predicted octanol–water partition coefficient (Wildman–Crippen LogP) is 3.93. The van der Waals surface area contributed by atoms with E-state index in [0.29, 0.717) is 18.0 Å². The number of aromatic nitrogens is 3. The molecule has 1 aromatic heterocycles. The lowest BCUT2D eigenvalue weighted by Crippen LogP contribution is -2.49. The molecule has 0 radical (unpaired) electrons. The topological polar surface area (TPSA) is 89.4 Å². The molecule has 1 N–H and O–H groups in total. The fourth-order valence-corrected chi connectivity index (χ4v) is 3.92. The van der Waals surface area contributed by atoms with Crippen molar-refractivity contribution < 1.29 is 23.1 Å². The van der Waals surface area contributed by atoms with Gasteiger partial charge in [-0.2, -0.15) is 0 Å². The lowest BCUT2D eigenvalue weighted by Gasteiger charge is -2.25. The van der Waals surface area contributed by atoms with E-state index in [9.17, 15) is 18.4 Å². The van der Waals surface area contributed by atoms with Gasteiger partial charge in [0.05, 0.1) is 19.9 Å². The molecule has 0 fully saturated rings. The van der Waals surface area contributed by atoms with Crippen LogP contribution in [-0.4, -0.2) is 47.0 Å². The van der Waals surface area contributed by atoms with Crippen LogP contribution in [0.5, 0.6) is 5.75 Å². The monoisotopic (exact) mass is 519 g/mol. The van der Waals surface area contributed by atoms with Gasteiger partial charge in [0.2, 0.25) is 5.91 Å². The highest BCUT2D eigenvalue weighted by atomic mass is 19.1. The number of anilines is 1. The molecule has 4 rings (SSSR count). The number of methoxy groups -OCH3 is 1. The molecule has 0 bridgehead atoms. The molecule has 196 valence electrons. The number of hydrogen-bond acceptors (Lipinski definition) is 5. The molecule has 0 aliphatic carbocycles. The Morgan fingerprint density at radius 2 is 1.66 bits per heavy atom. The number of amides is 2. The zero-order valence-electron chi connectivity index (χ0n) is 21.2. The van der Waals surface area contributed by atoms with E-state index in [1.54, 1.807) is 31.3 Å². The fourth-order valence-electron chi connectivity index (χ4n) is 3.92. The molecule has 1 heterocycles. The van der Waals surface area contributed by atoms with E-state index in [1.807, 2.05) is 31.2 Å². The third kappa shape index (κ3) is 6.58. The predicted molar refractivity (Wildman–Crippen MR) is 138 cm³/mol. The second-order valence-electron chi connectivity index (χ2n) is 8.89. The normalized spacial score (nSPS) is 11.6.